The molecule has 0 aliphatic heterocycles. The Hall–Kier alpha value is -0.760. The van der Waals surface area contributed by atoms with E-state index >= 15 is 0 Å². The van der Waals surface area contributed by atoms with Crippen molar-refractivity contribution >= 4 is 17.4 Å². The van der Waals surface area contributed by atoms with E-state index in [0.29, 0.717) is 0 Å². The van der Waals surface area contributed by atoms with Crippen LogP contribution in [0.1, 0.15) is 18.7 Å². The molecule has 0 unspecified atom stereocenters. The van der Waals surface area contributed by atoms with E-state index in [9.17, 15) is 0 Å². The maximum Gasteiger partial charge on any atom is 0.137 e. The van der Waals surface area contributed by atoms with Gasteiger partial charge in [-0.15, -0.1) is 11.3 Å². The van der Waals surface area contributed by atoms with Gasteiger partial charge in [0.1, 0.15) is 5.75 Å². The number of allylic oxidation sites excluding steroid dienone is 1. The van der Waals surface area contributed by atoms with Gasteiger partial charge in [0.2, 0.25) is 0 Å². The van der Waals surface area contributed by atoms with Gasteiger partial charge in [-0.3, -0.25) is 0 Å². The highest BCUT2D eigenvalue weighted by Crippen LogP contribution is 2.25. The van der Waals surface area contributed by atoms with Gasteiger partial charge in [0.05, 0.1) is 11.5 Å². The van der Waals surface area contributed by atoms with Crippen LogP contribution >= 0.6 is 11.3 Å². The van der Waals surface area contributed by atoms with E-state index in [0.717, 1.165) is 12.4 Å². The molecule has 11 heavy (non-hydrogen) atoms. The summed E-state index contributed by atoms with van der Waals surface area (Å²) < 4.78 is 5.39. The zero-order valence-electron chi connectivity index (χ0n) is 6.83. The predicted octanol–water partition coefficient (Wildman–Crippen LogP) is 3.18. The Morgan fingerprint density at radius 2 is 2.45 bits per heavy atom. The van der Waals surface area contributed by atoms with Gasteiger partial charge in [0, 0.05) is 0 Å². The highest BCUT2D eigenvalue weighted by molar-refractivity contribution is 7.11. The van der Waals surface area contributed by atoms with Gasteiger partial charge in [-0.2, -0.15) is 0 Å². The first-order valence-corrected chi connectivity index (χ1v) is 4.59. The average Bonchev–Trinajstić information content (AvgIpc) is 2.39. The third-order valence-electron chi connectivity index (χ3n) is 1.28. The zero-order valence-corrected chi connectivity index (χ0v) is 7.65. The molecule has 0 aliphatic rings. The maximum atomic E-state index is 5.39. The maximum absolute atomic E-state index is 5.39. The van der Waals surface area contributed by atoms with E-state index in [1.54, 1.807) is 11.3 Å². The number of rotatable bonds is 3. The molecule has 1 aromatic rings. The smallest absolute Gasteiger partial charge is 0.137 e. The second-order valence-corrected chi connectivity index (χ2v) is 3.03. The van der Waals surface area contributed by atoms with Crippen molar-refractivity contribution in [3.8, 4) is 5.75 Å². The molecule has 0 aromatic carbocycles. The minimum atomic E-state index is 0.737. The zero-order chi connectivity index (χ0) is 8.10. The lowest BCUT2D eigenvalue weighted by atomic mass is 10.4. The highest BCUT2D eigenvalue weighted by atomic mass is 32.1. The quantitative estimate of drug-likeness (QED) is 0.673. The van der Waals surface area contributed by atoms with Gasteiger partial charge in [0.15, 0.2) is 0 Å². The largest absolute Gasteiger partial charge is 0.492 e. The number of hydrogen-bond donors (Lipinski definition) is 0. The van der Waals surface area contributed by atoms with Crippen LogP contribution in [0.4, 0.5) is 0 Å². The van der Waals surface area contributed by atoms with E-state index < -0.39 is 0 Å². The lowest BCUT2D eigenvalue weighted by Crippen LogP contribution is -1.89. The summed E-state index contributed by atoms with van der Waals surface area (Å²) >= 11 is 1.70. The molecule has 60 valence electrons. The summed E-state index contributed by atoms with van der Waals surface area (Å²) in [6.07, 6.45) is 4.09. The van der Waals surface area contributed by atoms with E-state index in [1.807, 2.05) is 31.4 Å². The summed E-state index contributed by atoms with van der Waals surface area (Å²) in [6, 6.07) is 2.00. The Bertz CT molecular complexity index is 237. The molecule has 1 nitrogen and oxygen atoms in total. The van der Waals surface area contributed by atoms with Crippen molar-refractivity contribution in [1.29, 1.82) is 0 Å². The molecule has 0 radical (unpaired) electrons. The number of thiophene rings is 1. The molecule has 1 aromatic heterocycles. The second-order valence-electron chi connectivity index (χ2n) is 2.08. The monoisotopic (exact) mass is 168 g/mol. The lowest BCUT2D eigenvalue weighted by molar-refractivity contribution is 0.341. The first kappa shape index (κ1) is 8.34. The molecule has 0 atom stereocenters. The molecule has 0 saturated carbocycles. The van der Waals surface area contributed by atoms with Crippen LogP contribution in [0, 0.1) is 0 Å². The van der Waals surface area contributed by atoms with Crippen LogP contribution in [-0.2, 0) is 0 Å². The molecule has 0 N–H and O–H groups in total. The average molecular weight is 168 g/mol. The van der Waals surface area contributed by atoms with E-state index in [2.05, 4.69) is 6.08 Å². The molecular formula is C9H12OS. The molecule has 1 heterocycles. The molecule has 0 bridgehead atoms. The van der Waals surface area contributed by atoms with Gasteiger partial charge in [-0.25, -0.2) is 0 Å². The summed E-state index contributed by atoms with van der Waals surface area (Å²) in [4.78, 5) is 1.20. The van der Waals surface area contributed by atoms with Crippen LogP contribution < -0.4 is 4.74 Å². The molecule has 1 rings (SSSR count). The Balaban J connectivity index is 2.78. The van der Waals surface area contributed by atoms with Crippen LogP contribution in [0.3, 0.4) is 0 Å². The summed E-state index contributed by atoms with van der Waals surface area (Å²) in [5, 5.41) is 2.04. The van der Waals surface area contributed by atoms with Crippen LogP contribution in [0.25, 0.3) is 6.08 Å². The molecule has 0 saturated heterocycles. The van der Waals surface area contributed by atoms with Crippen molar-refractivity contribution in [3.63, 3.8) is 0 Å². The topological polar surface area (TPSA) is 9.23 Å². The fourth-order valence-electron chi connectivity index (χ4n) is 0.857. The Labute approximate surface area is 71.3 Å². The first-order valence-electron chi connectivity index (χ1n) is 3.71. The van der Waals surface area contributed by atoms with Gasteiger partial charge in [-0.05, 0) is 31.4 Å². The Morgan fingerprint density at radius 3 is 3.09 bits per heavy atom. The van der Waals surface area contributed by atoms with Crippen molar-refractivity contribution < 1.29 is 4.74 Å². The minimum Gasteiger partial charge on any atom is -0.492 e. The van der Waals surface area contributed by atoms with Crippen molar-refractivity contribution in [2.45, 2.75) is 13.8 Å². The lowest BCUT2D eigenvalue weighted by Gasteiger charge is -1.99. The minimum absolute atomic E-state index is 0.737. The fourth-order valence-corrected chi connectivity index (χ4v) is 1.65. The molecule has 2 heteroatoms. The highest BCUT2D eigenvalue weighted by Gasteiger charge is 1.99. The van der Waals surface area contributed by atoms with Gasteiger partial charge in [-0.1, -0.05) is 6.08 Å². The molecule has 0 spiro atoms. The summed E-state index contributed by atoms with van der Waals surface area (Å²) in [5.41, 5.74) is 0. The summed E-state index contributed by atoms with van der Waals surface area (Å²) in [5.74, 6) is 0.996. The third-order valence-corrected chi connectivity index (χ3v) is 2.14. The SMILES string of the molecule is C/C=C/c1sccc1OCC. The van der Waals surface area contributed by atoms with Crippen LogP contribution in [-0.4, -0.2) is 6.61 Å². The molecule has 0 fully saturated rings. The van der Waals surface area contributed by atoms with Gasteiger partial charge in [0.25, 0.3) is 0 Å². The van der Waals surface area contributed by atoms with E-state index in [4.69, 9.17) is 4.74 Å². The molecule has 0 aliphatic carbocycles. The Morgan fingerprint density at radius 1 is 1.64 bits per heavy atom. The van der Waals surface area contributed by atoms with Crippen molar-refractivity contribution in [3.05, 3.63) is 22.4 Å². The van der Waals surface area contributed by atoms with Gasteiger partial charge < -0.3 is 4.74 Å². The standard InChI is InChI=1S/C9H12OS/c1-3-5-9-8(10-4-2)6-7-11-9/h3,5-7H,4H2,1-2H3/b5-3+. The second kappa shape index (κ2) is 4.19. The Kier molecular flexibility index (Phi) is 3.17. The van der Waals surface area contributed by atoms with Crippen molar-refractivity contribution in [2.75, 3.05) is 6.61 Å². The fraction of sp³-hybridized carbons (Fsp3) is 0.333. The first-order chi connectivity index (χ1) is 5.38. The van der Waals surface area contributed by atoms with Crippen LogP contribution in [0.15, 0.2) is 17.5 Å². The molecule has 0 amide bonds. The summed E-state index contributed by atoms with van der Waals surface area (Å²) in [6.45, 7) is 4.74. The van der Waals surface area contributed by atoms with Crippen LogP contribution in [0.2, 0.25) is 0 Å². The summed E-state index contributed by atoms with van der Waals surface area (Å²) in [7, 11) is 0. The molecular weight excluding hydrogens is 156 g/mol. The van der Waals surface area contributed by atoms with Gasteiger partial charge >= 0.3 is 0 Å². The van der Waals surface area contributed by atoms with Crippen LogP contribution in [0.5, 0.6) is 5.75 Å². The van der Waals surface area contributed by atoms with E-state index in [-0.39, 0.29) is 0 Å². The number of ether oxygens (including phenoxy) is 1. The third kappa shape index (κ3) is 2.09. The number of hydrogen-bond acceptors (Lipinski definition) is 2. The predicted molar refractivity (Wildman–Crippen MR) is 50.2 cm³/mol. The van der Waals surface area contributed by atoms with E-state index in [1.165, 1.54) is 4.88 Å². The van der Waals surface area contributed by atoms with Crippen molar-refractivity contribution in [2.24, 2.45) is 0 Å². The van der Waals surface area contributed by atoms with Crippen molar-refractivity contribution in [1.82, 2.24) is 0 Å². The normalized spacial score (nSPS) is 10.7.